The van der Waals surface area contributed by atoms with Gasteiger partial charge in [0.25, 0.3) is 11.8 Å². The summed E-state index contributed by atoms with van der Waals surface area (Å²) < 4.78 is 5.33. The molecule has 0 aliphatic rings. The van der Waals surface area contributed by atoms with Gasteiger partial charge in [0, 0.05) is 11.6 Å². The Balaban J connectivity index is 1.84. The molecule has 0 unspecified atom stereocenters. The van der Waals surface area contributed by atoms with Crippen LogP contribution in [0.15, 0.2) is 83.1 Å². The van der Waals surface area contributed by atoms with E-state index in [1.54, 1.807) is 36.4 Å². The number of aryl methyl sites for hydroxylation is 1. The van der Waals surface area contributed by atoms with Gasteiger partial charge in [-0.05, 0) is 48.7 Å². The summed E-state index contributed by atoms with van der Waals surface area (Å²) in [5.74, 6) is -0.254. The molecule has 2 N–H and O–H groups in total. The van der Waals surface area contributed by atoms with Crippen LogP contribution in [-0.2, 0) is 4.79 Å². The molecule has 0 aliphatic heterocycles. The van der Waals surface area contributed by atoms with Crippen molar-refractivity contribution in [1.29, 1.82) is 0 Å². The number of carbonyl (C=O) groups excluding carboxylic acids is 2. The standard InChI is InChI=1S/C24H24N2O3/c1-3-21(20-14-8-7-10-17(20)2)25-24(28)22(16-19-13-9-15-29-19)26-23(27)18-11-5-4-6-12-18/h4-16,21H,3H2,1-2H3,(H,25,28)(H,26,27)/b22-16-/t21-/m0/s1. The second-order valence-electron chi connectivity index (χ2n) is 6.68. The molecule has 0 spiro atoms. The van der Waals surface area contributed by atoms with Gasteiger partial charge in [-0.3, -0.25) is 9.59 Å². The Morgan fingerprint density at radius 3 is 2.38 bits per heavy atom. The van der Waals surface area contributed by atoms with Crippen molar-refractivity contribution in [1.82, 2.24) is 10.6 Å². The number of hydrogen-bond acceptors (Lipinski definition) is 3. The van der Waals surface area contributed by atoms with E-state index in [4.69, 9.17) is 4.42 Å². The maximum atomic E-state index is 13.1. The van der Waals surface area contributed by atoms with E-state index in [1.165, 1.54) is 12.3 Å². The third-order valence-corrected chi connectivity index (χ3v) is 4.64. The zero-order valence-electron chi connectivity index (χ0n) is 16.5. The number of furan rings is 1. The molecule has 3 aromatic rings. The largest absolute Gasteiger partial charge is 0.465 e. The van der Waals surface area contributed by atoms with Gasteiger partial charge in [0.1, 0.15) is 11.5 Å². The first-order valence-corrected chi connectivity index (χ1v) is 9.56. The van der Waals surface area contributed by atoms with Crippen LogP contribution in [-0.4, -0.2) is 11.8 Å². The summed E-state index contributed by atoms with van der Waals surface area (Å²) >= 11 is 0. The molecule has 2 amide bonds. The highest BCUT2D eigenvalue weighted by molar-refractivity contribution is 6.05. The first-order valence-electron chi connectivity index (χ1n) is 9.56. The van der Waals surface area contributed by atoms with Crippen molar-refractivity contribution in [2.75, 3.05) is 0 Å². The van der Waals surface area contributed by atoms with Crippen molar-refractivity contribution in [2.45, 2.75) is 26.3 Å². The Bertz CT molecular complexity index is 992. The van der Waals surface area contributed by atoms with Crippen LogP contribution in [0.3, 0.4) is 0 Å². The van der Waals surface area contributed by atoms with Crippen LogP contribution >= 0.6 is 0 Å². The second-order valence-corrected chi connectivity index (χ2v) is 6.68. The summed E-state index contributed by atoms with van der Waals surface area (Å²) in [6.45, 7) is 4.02. The summed E-state index contributed by atoms with van der Waals surface area (Å²) in [6.07, 6.45) is 3.76. The van der Waals surface area contributed by atoms with E-state index >= 15 is 0 Å². The van der Waals surface area contributed by atoms with Gasteiger partial charge in [0.2, 0.25) is 0 Å². The molecule has 0 saturated heterocycles. The lowest BCUT2D eigenvalue weighted by molar-refractivity contribution is -0.118. The van der Waals surface area contributed by atoms with E-state index in [0.717, 1.165) is 17.5 Å². The van der Waals surface area contributed by atoms with Crippen molar-refractivity contribution in [2.24, 2.45) is 0 Å². The van der Waals surface area contributed by atoms with Gasteiger partial charge in [-0.1, -0.05) is 49.4 Å². The molecule has 0 saturated carbocycles. The normalized spacial score (nSPS) is 12.3. The van der Waals surface area contributed by atoms with Gasteiger partial charge >= 0.3 is 0 Å². The SMILES string of the molecule is CC[C@H](NC(=O)/C(=C/c1ccco1)NC(=O)c1ccccc1)c1ccccc1C. The van der Waals surface area contributed by atoms with E-state index in [1.807, 2.05) is 44.2 Å². The van der Waals surface area contributed by atoms with Crippen LogP contribution in [0.5, 0.6) is 0 Å². The fourth-order valence-electron chi connectivity index (χ4n) is 3.07. The maximum Gasteiger partial charge on any atom is 0.268 e. The summed E-state index contributed by atoms with van der Waals surface area (Å²) in [6, 6.07) is 20.0. The molecule has 2 aromatic carbocycles. The molecule has 0 bridgehead atoms. The fourth-order valence-corrected chi connectivity index (χ4v) is 3.07. The number of amides is 2. The summed E-state index contributed by atoms with van der Waals surface area (Å²) in [5, 5.41) is 5.75. The second kappa shape index (κ2) is 9.55. The van der Waals surface area contributed by atoms with E-state index < -0.39 is 0 Å². The highest BCUT2D eigenvalue weighted by Crippen LogP contribution is 2.21. The topological polar surface area (TPSA) is 71.3 Å². The first-order chi connectivity index (χ1) is 14.1. The molecule has 0 radical (unpaired) electrons. The first kappa shape index (κ1) is 20.1. The molecule has 1 aromatic heterocycles. The van der Waals surface area contributed by atoms with Gasteiger partial charge in [0.15, 0.2) is 0 Å². The maximum absolute atomic E-state index is 13.1. The summed E-state index contributed by atoms with van der Waals surface area (Å²) in [4.78, 5) is 25.7. The highest BCUT2D eigenvalue weighted by Gasteiger charge is 2.20. The number of benzene rings is 2. The van der Waals surface area contributed by atoms with Gasteiger partial charge in [-0.25, -0.2) is 0 Å². The molecular formula is C24H24N2O3. The van der Waals surface area contributed by atoms with Gasteiger partial charge in [-0.15, -0.1) is 0 Å². The zero-order valence-corrected chi connectivity index (χ0v) is 16.5. The minimum atomic E-state index is -0.374. The van der Waals surface area contributed by atoms with Crippen LogP contribution in [0.4, 0.5) is 0 Å². The van der Waals surface area contributed by atoms with E-state index in [9.17, 15) is 9.59 Å². The average molecular weight is 388 g/mol. The van der Waals surface area contributed by atoms with Crippen molar-refractivity contribution in [3.63, 3.8) is 0 Å². The average Bonchev–Trinajstić information content (AvgIpc) is 3.25. The third-order valence-electron chi connectivity index (χ3n) is 4.64. The Hall–Kier alpha value is -3.60. The quantitative estimate of drug-likeness (QED) is 0.580. The highest BCUT2D eigenvalue weighted by atomic mass is 16.3. The Morgan fingerprint density at radius 2 is 1.72 bits per heavy atom. The predicted molar refractivity (Wildman–Crippen MR) is 113 cm³/mol. The molecule has 0 fully saturated rings. The van der Waals surface area contributed by atoms with Crippen molar-refractivity contribution < 1.29 is 14.0 Å². The molecule has 1 atom stereocenters. The van der Waals surface area contributed by atoms with E-state index in [0.29, 0.717) is 11.3 Å². The number of carbonyl (C=O) groups is 2. The van der Waals surface area contributed by atoms with Gasteiger partial charge < -0.3 is 15.1 Å². The number of hydrogen-bond donors (Lipinski definition) is 2. The molecule has 148 valence electrons. The van der Waals surface area contributed by atoms with Crippen LogP contribution < -0.4 is 10.6 Å². The van der Waals surface area contributed by atoms with Gasteiger partial charge in [0.05, 0.1) is 12.3 Å². The monoisotopic (exact) mass is 388 g/mol. The predicted octanol–water partition coefficient (Wildman–Crippen LogP) is 4.63. The van der Waals surface area contributed by atoms with E-state index in [2.05, 4.69) is 10.6 Å². The van der Waals surface area contributed by atoms with Crippen LogP contribution in [0.25, 0.3) is 6.08 Å². The van der Waals surface area contributed by atoms with Gasteiger partial charge in [-0.2, -0.15) is 0 Å². The molecule has 5 heteroatoms. The minimum Gasteiger partial charge on any atom is -0.465 e. The summed E-state index contributed by atoms with van der Waals surface area (Å²) in [5.41, 5.74) is 2.75. The molecule has 1 heterocycles. The Morgan fingerprint density at radius 1 is 1.00 bits per heavy atom. The van der Waals surface area contributed by atoms with E-state index in [-0.39, 0.29) is 23.6 Å². The zero-order chi connectivity index (χ0) is 20.6. The molecule has 0 aliphatic carbocycles. The molecule has 3 rings (SSSR count). The minimum absolute atomic E-state index is 0.126. The lowest BCUT2D eigenvalue weighted by Gasteiger charge is -2.20. The van der Waals surface area contributed by atoms with Crippen LogP contribution in [0.1, 0.15) is 46.6 Å². The van der Waals surface area contributed by atoms with Crippen LogP contribution in [0, 0.1) is 6.92 Å². The van der Waals surface area contributed by atoms with Crippen molar-refractivity contribution in [3.8, 4) is 0 Å². The van der Waals surface area contributed by atoms with Crippen molar-refractivity contribution >= 4 is 17.9 Å². The lowest BCUT2D eigenvalue weighted by Crippen LogP contribution is -2.37. The molecule has 5 nitrogen and oxygen atoms in total. The summed E-state index contributed by atoms with van der Waals surface area (Å²) in [7, 11) is 0. The lowest BCUT2D eigenvalue weighted by atomic mass is 9.99. The Kier molecular flexibility index (Phi) is 6.63. The smallest absolute Gasteiger partial charge is 0.268 e. The number of nitrogens with one attached hydrogen (secondary N) is 2. The molecule has 29 heavy (non-hydrogen) atoms. The third kappa shape index (κ3) is 5.23. The fraction of sp³-hybridized carbons (Fsp3) is 0.167. The molecular weight excluding hydrogens is 364 g/mol. The van der Waals surface area contributed by atoms with Crippen molar-refractivity contribution in [3.05, 3.63) is 101 Å². The Labute approximate surface area is 170 Å². The number of rotatable bonds is 7. The van der Waals surface area contributed by atoms with Crippen LogP contribution in [0.2, 0.25) is 0 Å².